The Morgan fingerprint density at radius 1 is 1.17 bits per heavy atom. The van der Waals surface area contributed by atoms with E-state index in [1.54, 1.807) is 6.07 Å². The van der Waals surface area contributed by atoms with E-state index < -0.39 is 11.8 Å². The molecular formula is C17H12N2O4. The summed E-state index contributed by atoms with van der Waals surface area (Å²) in [4.78, 5) is 27.7. The molecule has 23 heavy (non-hydrogen) atoms. The Hall–Kier alpha value is -3.15. The van der Waals surface area contributed by atoms with Crippen molar-refractivity contribution in [2.75, 3.05) is 0 Å². The van der Waals surface area contributed by atoms with Crippen LogP contribution in [0, 0.1) is 0 Å². The first-order chi connectivity index (χ1) is 11.1. The van der Waals surface area contributed by atoms with Crippen LogP contribution in [-0.4, -0.2) is 22.2 Å². The van der Waals surface area contributed by atoms with Gasteiger partial charge in [-0.1, -0.05) is 18.2 Å². The van der Waals surface area contributed by atoms with Crippen LogP contribution in [-0.2, 0) is 16.7 Å². The number of oxime groups is 1. The van der Waals surface area contributed by atoms with E-state index in [0.29, 0.717) is 11.3 Å². The maximum atomic E-state index is 12.3. The SMILES string of the molecule is CC(=O)ON=C1Oc2c(ccc3c2c2ccccc2n3C)C1=O. The van der Waals surface area contributed by atoms with Crippen LogP contribution >= 0.6 is 0 Å². The van der Waals surface area contributed by atoms with Gasteiger partial charge in [0.15, 0.2) is 5.75 Å². The Labute approximate surface area is 130 Å². The number of Topliss-reactive ketones (excluding diaryl/α,β-unsaturated/α-hetero) is 1. The van der Waals surface area contributed by atoms with Gasteiger partial charge in [-0.3, -0.25) is 4.79 Å². The van der Waals surface area contributed by atoms with Crippen molar-refractivity contribution in [1.82, 2.24) is 4.57 Å². The van der Waals surface area contributed by atoms with Gasteiger partial charge in [-0.15, -0.1) is 0 Å². The summed E-state index contributed by atoms with van der Waals surface area (Å²) < 4.78 is 7.66. The molecule has 3 aromatic rings. The molecule has 1 aliphatic heterocycles. The lowest BCUT2D eigenvalue weighted by Crippen LogP contribution is -2.13. The van der Waals surface area contributed by atoms with Gasteiger partial charge in [-0.2, -0.15) is 0 Å². The van der Waals surface area contributed by atoms with Gasteiger partial charge >= 0.3 is 11.9 Å². The van der Waals surface area contributed by atoms with Crippen LogP contribution in [0.15, 0.2) is 41.6 Å². The molecule has 0 radical (unpaired) electrons. The number of ether oxygens (including phenoxy) is 1. The average Bonchev–Trinajstić information content (AvgIpc) is 3.02. The van der Waals surface area contributed by atoms with E-state index in [1.165, 1.54) is 6.92 Å². The van der Waals surface area contributed by atoms with Crippen LogP contribution in [0.25, 0.3) is 21.8 Å². The van der Waals surface area contributed by atoms with E-state index in [-0.39, 0.29) is 5.90 Å². The third kappa shape index (κ3) is 1.85. The molecule has 0 fully saturated rings. The molecule has 0 bridgehead atoms. The fraction of sp³-hybridized carbons (Fsp3) is 0.118. The fourth-order valence-electron chi connectivity index (χ4n) is 2.93. The zero-order valence-electron chi connectivity index (χ0n) is 12.5. The Morgan fingerprint density at radius 3 is 2.74 bits per heavy atom. The number of aryl methyl sites for hydroxylation is 1. The number of rotatable bonds is 1. The summed E-state index contributed by atoms with van der Waals surface area (Å²) in [6.45, 7) is 1.21. The van der Waals surface area contributed by atoms with Crippen LogP contribution in [0.2, 0.25) is 0 Å². The molecule has 114 valence electrons. The molecule has 0 amide bonds. The lowest BCUT2D eigenvalue weighted by atomic mass is 10.1. The molecule has 0 N–H and O–H groups in total. The zero-order valence-corrected chi connectivity index (χ0v) is 12.5. The number of aromatic nitrogens is 1. The van der Waals surface area contributed by atoms with Gasteiger partial charge in [0, 0.05) is 24.9 Å². The van der Waals surface area contributed by atoms with Crippen molar-refractivity contribution in [2.24, 2.45) is 12.2 Å². The molecule has 1 aliphatic rings. The van der Waals surface area contributed by atoms with Crippen molar-refractivity contribution in [3.05, 3.63) is 42.0 Å². The van der Waals surface area contributed by atoms with E-state index in [0.717, 1.165) is 21.8 Å². The molecule has 6 heteroatoms. The van der Waals surface area contributed by atoms with E-state index in [2.05, 4.69) is 9.99 Å². The molecule has 4 rings (SSSR count). The summed E-state index contributed by atoms with van der Waals surface area (Å²) in [5.41, 5.74) is 2.41. The number of carbonyl (C=O) groups is 2. The number of ketones is 1. The summed E-state index contributed by atoms with van der Waals surface area (Å²) in [6.07, 6.45) is 0. The van der Waals surface area contributed by atoms with Gasteiger partial charge in [-0.25, -0.2) is 4.79 Å². The van der Waals surface area contributed by atoms with E-state index in [9.17, 15) is 9.59 Å². The highest BCUT2D eigenvalue weighted by molar-refractivity contribution is 6.47. The minimum Gasteiger partial charge on any atom is -0.432 e. The second kappa shape index (κ2) is 4.67. The van der Waals surface area contributed by atoms with Gasteiger partial charge in [0.1, 0.15) is 0 Å². The van der Waals surface area contributed by atoms with E-state index in [4.69, 9.17) is 4.74 Å². The molecule has 0 saturated carbocycles. The molecule has 0 unspecified atom stereocenters. The molecule has 0 spiro atoms. The quantitative estimate of drug-likeness (QED) is 0.512. The first-order valence-electron chi connectivity index (χ1n) is 7.06. The summed E-state index contributed by atoms with van der Waals surface area (Å²) in [5.74, 6) is -0.776. The highest BCUT2D eigenvalue weighted by Gasteiger charge is 2.33. The number of fused-ring (bicyclic) bond motifs is 5. The number of hydrogen-bond acceptors (Lipinski definition) is 5. The highest BCUT2D eigenvalue weighted by atomic mass is 16.7. The van der Waals surface area contributed by atoms with Crippen molar-refractivity contribution < 1.29 is 19.2 Å². The molecule has 2 aromatic carbocycles. The number of carbonyl (C=O) groups excluding carboxylic acids is 2. The van der Waals surface area contributed by atoms with Gasteiger partial charge in [0.05, 0.1) is 16.5 Å². The first kappa shape index (κ1) is 13.5. The standard InChI is InChI=1S/C17H12N2O4/c1-9(20)23-18-17-15(21)11-7-8-13-14(16(11)22-17)10-5-3-4-6-12(10)19(13)2/h3-8H,1-2H3. The number of hydrogen-bond donors (Lipinski definition) is 0. The van der Waals surface area contributed by atoms with Crippen molar-refractivity contribution >= 4 is 39.5 Å². The Bertz CT molecular complexity index is 1030. The Balaban J connectivity index is 1.99. The van der Waals surface area contributed by atoms with E-state index >= 15 is 0 Å². The van der Waals surface area contributed by atoms with Crippen molar-refractivity contribution in [2.45, 2.75) is 6.92 Å². The smallest absolute Gasteiger partial charge is 0.332 e. The monoisotopic (exact) mass is 308 g/mol. The number of nitrogens with zero attached hydrogens (tertiary/aromatic N) is 2. The van der Waals surface area contributed by atoms with Crippen molar-refractivity contribution in [3.63, 3.8) is 0 Å². The third-order valence-corrected chi connectivity index (χ3v) is 3.93. The lowest BCUT2D eigenvalue weighted by Gasteiger charge is -2.01. The average molecular weight is 308 g/mol. The van der Waals surface area contributed by atoms with Crippen LogP contribution < -0.4 is 4.74 Å². The van der Waals surface area contributed by atoms with Crippen molar-refractivity contribution in [3.8, 4) is 5.75 Å². The number of para-hydroxylation sites is 1. The minimum absolute atomic E-state index is 0.226. The zero-order chi connectivity index (χ0) is 16.1. The molecule has 0 aliphatic carbocycles. The summed E-state index contributed by atoms with van der Waals surface area (Å²) in [5, 5.41) is 5.34. The van der Waals surface area contributed by atoms with Gasteiger partial charge in [0.25, 0.3) is 5.78 Å². The summed E-state index contributed by atoms with van der Waals surface area (Å²) in [7, 11) is 1.96. The highest BCUT2D eigenvalue weighted by Crippen LogP contribution is 2.40. The number of benzene rings is 2. The predicted octanol–water partition coefficient (Wildman–Crippen LogP) is 2.78. The molecular weight excluding hydrogens is 296 g/mol. The first-order valence-corrected chi connectivity index (χ1v) is 7.06. The fourth-order valence-corrected chi connectivity index (χ4v) is 2.93. The Morgan fingerprint density at radius 2 is 1.96 bits per heavy atom. The summed E-state index contributed by atoms with van der Waals surface area (Å²) >= 11 is 0. The lowest BCUT2D eigenvalue weighted by molar-refractivity contribution is -0.141. The molecule has 2 heterocycles. The predicted molar refractivity (Wildman–Crippen MR) is 84.6 cm³/mol. The Kier molecular flexibility index (Phi) is 2.74. The molecule has 0 saturated heterocycles. The topological polar surface area (TPSA) is 69.9 Å². The van der Waals surface area contributed by atoms with E-state index in [1.807, 2.05) is 41.9 Å². The maximum Gasteiger partial charge on any atom is 0.332 e. The minimum atomic E-state index is -0.611. The van der Waals surface area contributed by atoms with Gasteiger partial charge in [0.2, 0.25) is 0 Å². The van der Waals surface area contributed by atoms with Crippen LogP contribution in [0.4, 0.5) is 0 Å². The normalized spacial score (nSPS) is 15.2. The van der Waals surface area contributed by atoms with Crippen LogP contribution in [0.3, 0.4) is 0 Å². The molecule has 0 atom stereocenters. The largest absolute Gasteiger partial charge is 0.432 e. The third-order valence-electron chi connectivity index (χ3n) is 3.93. The second-order valence-electron chi connectivity index (χ2n) is 5.32. The van der Waals surface area contributed by atoms with Gasteiger partial charge in [-0.05, 0) is 23.4 Å². The summed E-state index contributed by atoms with van der Waals surface area (Å²) in [6, 6.07) is 11.5. The molecule has 1 aromatic heterocycles. The second-order valence-corrected chi connectivity index (χ2v) is 5.32. The maximum absolute atomic E-state index is 12.3. The van der Waals surface area contributed by atoms with Crippen LogP contribution in [0.5, 0.6) is 5.75 Å². The van der Waals surface area contributed by atoms with Crippen LogP contribution in [0.1, 0.15) is 17.3 Å². The van der Waals surface area contributed by atoms with Gasteiger partial charge < -0.3 is 14.1 Å². The van der Waals surface area contributed by atoms with Crippen molar-refractivity contribution in [1.29, 1.82) is 0 Å². The molecule has 6 nitrogen and oxygen atoms in total.